The van der Waals surface area contributed by atoms with Crippen molar-refractivity contribution in [3.63, 3.8) is 0 Å². The Bertz CT molecular complexity index is 1910. The Morgan fingerprint density at radius 1 is 0.844 bits per heavy atom. The van der Waals surface area contributed by atoms with E-state index < -0.39 is 23.6 Å². The molecule has 64 heavy (non-hydrogen) atoms. The van der Waals surface area contributed by atoms with E-state index in [-0.39, 0.29) is 42.6 Å². The van der Waals surface area contributed by atoms with Gasteiger partial charge in [-0.25, -0.2) is 10.4 Å². The van der Waals surface area contributed by atoms with Gasteiger partial charge in [-0.2, -0.15) is 0 Å². The van der Waals surface area contributed by atoms with Gasteiger partial charge in [0.25, 0.3) is 5.91 Å². The predicted octanol–water partition coefficient (Wildman–Crippen LogP) is 7.55. The summed E-state index contributed by atoms with van der Waals surface area (Å²) in [5, 5.41) is 16.7. The minimum atomic E-state index is -0.833. The molecule has 2 saturated heterocycles. The van der Waals surface area contributed by atoms with Crippen LogP contribution in [0.2, 0.25) is 0 Å². The lowest BCUT2D eigenvalue weighted by Gasteiger charge is -2.36. The maximum atomic E-state index is 14.1. The molecule has 0 bridgehead atoms. The molecule has 2 aromatic carbocycles. The lowest BCUT2D eigenvalue weighted by Crippen LogP contribution is -2.57. The molecule has 352 valence electrons. The molecule has 14 heteroatoms. The molecule has 5 N–H and O–H groups in total. The zero-order valence-electron chi connectivity index (χ0n) is 39.4. The fraction of sp³-hybridized carbons (Fsp3) is 0.620. The van der Waals surface area contributed by atoms with Gasteiger partial charge in [0.2, 0.25) is 17.7 Å². The highest BCUT2D eigenvalue weighted by Crippen LogP contribution is 2.30. The van der Waals surface area contributed by atoms with Crippen LogP contribution in [-0.4, -0.2) is 108 Å². The zero-order valence-corrected chi connectivity index (χ0v) is 40.2. The molecule has 1 aromatic heterocycles. The van der Waals surface area contributed by atoms with Gasteiger partial charge < -0.3 is 25.5 Å². The summed E-state index contributed by atoms with van der Waals surface area (Å²) in [4.78, 5) is 65.3. The predicted molar refractivity (Wildman–Crippen MR) is 258 cm³/mol. The molecule has 2 aliphatic rings. The molecule has 2 fully saturated rings. The quantitative estimate of drug-likeness (QED) is 0.0452. The highest BCUT2D eigenvalue weighted by Gasteiger charge is 2.44. The summed E-state index contributed by atoms with van der Waals surface area (Å²) in [6.07, 6.45) is 11.8. The topological polar surface area (TPSA) is 159 Å². The van der Waals surface area contributed by atoms with Gasteiger partial charge in [-0.05, 0) is 80.5 Å². The van der Waals surface area contributed by atoms with E-state index in [2.05, 4.69) is 55.3 Å². The number of hydrazine groups is 1. The second-order valence-electron chi connectivity index (χ2n) is 18.9. The number of amides is 4. The summed E-state index contributed by atoms with van der Waals surface area (Å²) in [5.41, 5.74) is 11.9. The first-order chi connectivity index (χ1) is 30.7. The molecule has 0 unspecified atom stereocenters. The Labute approximate surface area is 386 Å². The molecule has 5 rings (SSSR count). The Balaban J connectivity index is 0.941. The number of benzene rings is 2. The van der Waals surface area contributed by atoms with E-state index in [4.69, 9.17) is 0 Å². The number of piperazine rings is 1. The van der Waals surface area contributed by atoms with Gasteiger partial charge in [0.1, 0.15) is 12.1 Å². The number of anilines is 1. The summed E-state index contributed by atoms with van der Waals surface area (Å²) in [7, 11) is 0. The van der Waals surface area contributed by atoms with Crippen LogP contribution in [0.15, 0.2) is 54.0 Å². The molecule has 4 atom stereocenters. The van der Waals surface area contributed by atoms with Crippen molar-refractivity contribution in [2.45, 2.75) is 149 Å². The standard InChI is InChI=1S/C50H76N8O5S/c1-7-8-9-16-27-52-55-47(61)40-23-25-41(26-24-40)57-31-29-56(30-32-57)28-17-14-12-10-11-13-15-18-44(60)54-46(50(4,5)6)49(63)58-34-42(59)33-43(58)48(62)53-36(2)38-19-21-39(22-20-38)45-37(3)51-35-64-45/h19-26,35-36,42-43,46,52,59H,7-18,27-34H2,1-6H3,(H,53,62)(H,54,60)(H,55,61)/t36-,42+,43-,46+/m0/s1. The Morgan fingerprint density at radius 3 is 2.14 bits per heavy atom. The average Bonchev–Trinajstić information content (AvgIpc) is 3.90. The van der Waals surface area contributed by atoms with Crippen LogP contribution in [0.4, 0.5) is 5.69 Å². The van der Waals surface area contributed by atoms with Crippen molar-refractivity contribution in [1.29, 1.82) is 0 Å². The summed E-state index contributed by atoms with van der Waals surface area (Å²) >= 11 is 1.59. The van der Waals surface area contributed by atoms with Gasteiger partial charge in [0, 0.05) is 63.4 Å². The minimum Gasteiger partial charge on any atom is -0.391 e. The van der Waals surface area contributed by atoms with Crippen molar-refractivity contribution >= 4 is 40.7 Å². The number of carbonyl (C=O) groups is 4. The zero-order chi connectivity index (χ0) is 46.1. The Kier molecular flexibility index (Phi) is 20.1. The summed E-state index contributed by atoms with van der Waals surface area (Å²) in [6, 6.07) is 14.0. The number of β-amino-alcohol motifs (C(OH)–C–C–N with tert-alkyl or cyclic N) is 1. The number of rotatable bonds is 24. The summed E-state index contributed by atoms with van der Waals surface area (Å²) in [5.74, 6) is -0.924. The largest absolute Gasteiger partial charge is 0.391 e. The van der Waals surface area contributed by atoms with Gasteiger partial charge in [-0.1, -0.05) is 103 Å². The highest BCUT2D eigenvalue weighted by molar-refractivity contribution is 7.13. The van der Waals surface area contributed by atoms with E-state index in [1.165, 1.54) is 43.4 Å². The molecule has 0 aliphatic carbocycles. The second kappa shape index (κ2) is 25.4. The van der Waals surface area contributed by atoms with Crippen LogP contribution >= 0.6 is 11.3 Å². The number of aliphatic hydroxyl groups excluding tert-OH is 1. The normalized spacial score (nSPS) is 17.9. The third kappa shape index (κ3) is 15.4. The number of likely N-dealkylation sites (tertiary alicyclic amines) is 1. The van der Waals surface area contributed by atoms with E-state index in [1.54, 1.807) is 11.3 Å². The number of carbonyl (C=O) groups excluding carboxylic acids is 4. The number of hydrogen-bond acceptors (Lipinski definition) is 10. The molecule has 0 spiro atoms. The monoisotopic (exact) mass is 901 g/mol. The molecule has 2 aliphatic heterocycles. The van der Waals surface area contributed by atoms with Crippen molar-refractivity contribution in [1.82, 2.24) is 36.3 Å². The SMILES string of the molecule is CCCCCCNNC(=O)c1ccc(N2CCN(CCCCCCCCCC(=O)N[C@H](C(=O)N3C[C@H](O)C[C@H]3C(=O)N[C@@H](C)c3ccc(-c4scnc4C)cc3)C(C)(C)C)CC2)cc1. The fourth-order valence-corrected chi connectivity index (χ4v) is 9.47. The number of aryl methyl sites for hydroxylation is 1. The van der Waals surface area contributed by atoms with Crippen LogP contribution in [-0.2, 0) is 14.4 Å². The van der Waals surface area contributed by atoms with E-state index in [1.807, 2.05) is 76.5 Å². The third-order valence-corrected chi connectivity index (χ3v) is 13.6. The van der Waals surface area contributed by atoms with Crippen LogP contribution in [0.5, 0.6) is 0 Å². The molecule has 3 aromatic rings. The van der Waals surface area contributed by atoms with E-state index in [9.17, 15) is 24.3 Å². The second-order valence-corrected chi connectivity index (χ2v) is 19.8. The maximum Gasteiger partial charge on any atom is 0.265 e. The van der Waals surface area contributed by atoms with Crippen molar-refractivity contribution in [2.24, 2.45) is 5.41 Å². The lowest BCUT2D eigenvalue weighted by atomic mass is 9.85. The maximum absolute atomic E-state index is 14.1. The Hall–Kier alpha value is -4.37. The molecular weight excluding hydrogens is 825 g/mol. The fourth-order valence-electron chi connectivity index (χ4n) is 8.66. The minimum absolute atomic E-state index is 0.0451. The van der Waals surface area contributed by atoms with Crippen LogP contribution in [0.3, 0.4) is 0 Å². The average molecular weight is 901 g/mol. The first kappa shape index (κ1) is 50.6. The van der Waals surface area contributed by atoms with Gasteiger partial charge in [0.15, 0.2) is 0 Å². The van der Waals surface area contributed by atoms with Gasteiger partial charge in [-0.15, -0.1) is 11.3 Å². The van der Waals surface area contributed by atoms with Crippen LogP contribution in [0, 0.1) is 12.3 Å². The lowest BCUT2D eigenvalue weighted by molar-refractivity contribution is -0.144. The third-order valence-electron chi connectivity index (χ3n) is 12.7. The smallest absolute Gasteiger partial charge is 0.265 e. The van der Waals surface area contributed by atoms with E-state index in [0.717, 1.165) is 98.8 Å². The van der Waals surface area contributed by atoms with E-state index in [0.29, 0.717) is 12.0 Å². The number of aliphatic hydroxyl groups is 1. The molecule has 3 heterocycles. The molecule has 4 amide bonds. The number of hydrogen-bond donors (Lipinski definition) is 5. The first-order valence-corrected chi connectivity index (χ1v) is 24.8. The molecular formula is C50H76N8O5S. The van der Waals surface area contributed by atoms with E-state index >= 15 is 0 Å². The molecule has 0 saturated carbocycles. The first-order valence-electron chi connectivity index (χ1n) is 23.9. The van der Waals surface area contributed by atoms with Crippen molar-refractivity contribution in [3.05, 3.63) is 70.9 Å². The summed E-state index contributed by atoms with van der Waals surface area (Å²) < 4.78 is 0. The highest BCUT2D eigenvalue weighted by atomic mass is 32.1. The van der Waals surface area contributed by atoms with Crippen LogP contribution in [0.25, 0.3) is 10.4 Å². The van der Waals surface area contributed by atoms with Crippen molar-refractivity contribution in [2.75, 3.05) is 50.7 Å². The number of unbranched alkanes of at least 4 members (excludes halogenated alkanes) is 9. The number of nitrogens with zero attached hydrogens (tertiary/aromatic N) is 4. The van der Waals surface area contributed by atoms with Gasteiger partial charge in [-0.3, -0.25) is 29.5 Å². The molecule has 0 radical (unpaired) electrons. The van der Waals surface area contributed by atoms with Gasteiger partial charge in [0.05, 0.1) is 28.2 Å². The van der Waals surface area contributed by atoms with Crippen LogP contribution in [0.1, 0.15) is 146 Å². The molecule has 13 nitrogen and oxygen atoms in total. The summed E-state index contributed by atoms with van der Waals surface area (Å²) in [6.45, 7) is 17.8. The number of nitrogens with one attached hydrogen (secondary N) is 4. The van der Waals surface area contributed by atoms with Crippen molar-refractivity contribution < 1.29 is 24.3 Å². The van der Waals surface area contributed by atoms with Crippen LogP contribution < -0.4 is 26.4 Å². The number of thiazole rings is 1. The number of aromatic nitrogens is 1. The van der Waals surface area contributed by atoms with Crippen molar-refractivity contribution in [3.8, 4) is 10.4 Å². The van der Waals surface area contributed by atoms with Gasteiger partial charge >= 0.3 is 0 Å². The Morgan fingerprint density at radius 2 is 1.50 bits per heavy atom.